The molecule has 4 heteroatoms. The molecule has 2 N–H and O–H groups in total. The summed E-state index contributed by atoms with van der Waals surface area (Å²) < 4.78 is 1.69. The molecular formula is C13H12N2O2+. The molecule has 0 spiro atoms. The van der Waals surface area contributed by atoms with Crippen LogP contribution in [0.2, 0.25) is 0 Å². The third-order valence-corrected chi connectivity index (χ3v) is 2.32. The molecule has 0 aliphatic carbocycles. The average Bonchev–Trinajstić information content (AvgIpc) is 2.32. The summed E-state index contributed by atoms with van der Waals surface area (Å²) in [5, 5.41) is 11.9. The molecule has 0 bridgehead atoms. The Bertz CT molecular complexity index is 535. The summed E-state index contributed by atoms with van der Waals surface area (Å²) in [4.78, 5) is 11.9. The Morgan fingerprint density at radius 1 is 1.35 bits per heavy atom. The van der Waals surface area contributed by atoms with Gasteiger partial charge in [-0.05, 0) is 30.3 Å². The Balaban J connectivity index is 2.17. The molecule has 1 aromatic carbocycles. The van der Waals surface area contributed by atoms with Gasteiger partial charge < -0.3 is 10.4 Å². The van der Waals surface area contributed by atoms with E-state index in [1.807, 2.05) is 0 Å². The van der Waals surface area contributed by atoms with Crippen molar-refractivity contribution in [3.05, 3.63) is 54.4 Å². The minimum absolute atomic E-state index is 0.167. The first-order chi connectivity index (χ1) is 8.16. The molecule has 2 aromatic rings. The van der Waals surface area contributed by atoms with Crippen molar-refractivity contribution in [1.82, 2.24) is 0 Å². The topological polar surface area (TPSA) is 53.2 Å². The number of benzene rings is 1. The van der Waals surface area contributed by atoms with Gasteiger partial charge in [-0.1, -0.05) is 0 Å². The van der Waals surface area contributed by atoms with Crippen LogP contribution in [0.4, 0.5) is 5.69 Å². The number of amides is 1. The Kier molecular flexibility index (Phi) is 3.05. The number of nitrogens with one attached hydrogen (secondary N) is 1. The number of aromatic nitrogens is 1. The molecule has 0 unspecified atom stereocenters. The van der Waals surface area contributed by atoms with Gasteiger partial charge in [0.1, 0.15) is 12.8 Å². The molecule has 0 aliphatic rings. The third kappa shape index (κ3) is 2.60. The fraction of sp³-hybridized carbons (Fsp3) is 0.0769. The summed E-state index contributed by atoms with van der Waals surface area (Å²) in [5.74, 6) is -0.0707. The molecule has 17 heavy (non-hydrogen) atoms. The first kappa shape index (κ1) is 11.1. The molecule has 4 nitrogen and oxygen atoms in total. The summed E-state index contributed by atoms with van der Waals surface area (Å²) in [6.45, 7) is 0. The number of hydrogen-bond donors (Lipinski definition) is 2. The lowest BCUT2D eigenvalue weighted by atomic mass is 10.2. The number of carbonyl (C=O) groups is 1. The van der Waals surface area contributed by atoms with Crippen LogP contribution in [-0.2, 0) is 7.05 Å². The van der Waals surface area contributed by atoms with Gasteiger partial charge in [-0.25, -0.2) is 0 Å². The van der Waals surface area contributed by atoms with Gasteiger partial charge in [0.2, 0.25) is 0 Å². The van der Waals surface area contributed by atoms with E-state index in [1.54, 1.807) is 42.1 Å². The zero-order valence-electron chi connectivity index (χ0n) is 9.34. The Morgan fingerprint density at radius 2 is 2.06 bits per heavy atom. The number of hydrogen-bond acceptors (Lipinski definition) is 2. The van der Waals surface area contributed by atoms with Gasteiger partial charge in [-0.3, -0.25) is 4.79 Å². The zero-order chi connectivity index (χ0) is 12.3. The van der Waals surface area contributed by atoms with Gasteiger partial charge in [0.05, 0.1) is 6.07 Å². The summed E-state index contributed by atoms with van der Waals surface area (Å²) in [5.41, 5.74) is 1.07. The second kappa shape index (κ2) is 4.65. The molecule has 1 radical (unpaired) electrons. The van der Waals surface area contributed by atoms with Gasteiger partial charge in [-0.15, -0.1) is 0 Å². The second-order valence-electron chi connectivity index (χ2n) is 3.61. The molecule has 2 rings (SSSR count). The summed E-state index contributed by atoms with van der Waals surface area (Å²) in [7, 11) is 1.78. The zero-order valence-corrected chi connectivity index (χ0v) is 9.34. The van der Waals surface area contributed by atoms with E-state index >= 15 is 0 Å². The van der Waals surface area contributed by atoms with E-state index in [-0.39, 0.29) is 11.7 Å². The fourth-order valence-corrected chi connectivity index (χ4v) is 1.44. The van der Waals surface area contributed by atoms with Crippen LogP contribution < -0.4 is 9.88 Å². The third-order valence-electron chi connectivity index (χ3n) is 2.32. The number of rotatable bonds is 2. The quantitative estimate of drug-likeness (QED) is 0.600. The number of aromatic hydroxyl groups is 1. The van der Waals surface area contributed by atoms with Crippen molar-refractivity contribution in [2.45, 2.75) is 0 Å². The number of anilines is 1. The molecule has 1 heterocycles. The van der Waals surface area contributed by atoms with E-state index < -0.39 is 0 Å². The number of carbonyl (C=O) groups excluding carboxylic acids is 1. The van der Waals surface area contributed by atoms with Crippen LogP contribution in [0.15, 0.2) is 42.6 Å². The van der Waals surface area contributed by atoms with Crippen molar-refractivity contribution < 1.29 is 14.5 Å². The standard InChI is InChI=1S/C13H11N2O2/c1-15-9-3-2-4-12(15)13(17)14-10-5-7-11(16)8-6-10/h2-3,5-9,17H,1H3/p+1. The van der Waals surface area contributed by atoms with Crippen LogP contribution in [0.1, 0.15) is 10.5 Å². The second-order valence-corrected chi connectivity index (χ2v) is 3.61. The van der Waals surface area contributed by atoms with Crippen molar-refractivity contribution in [1.29, 1.82) is 0 Å². The molecular weight excluding hydrogens is 216 g/mol. The highest BCUT2D eigenvalue weighted by atomic mass is 16.3. The maximum atomic E-state index is 11.9. The van der Waals surface area contributed by atoms with Gasteiger partial charge in [0, 0.05) is 11.8 Å². The largest absolute Gasteiger partial charge is 0.508 e. The van der Waals surface area contributed by atoms with E-state index in [4.69, 9.17) is 5.11 Å². The van der Waals surface area contributed by atoms with Crippen LogP contribution in [0.25, 0.3) is 0 Å². The van der Waals surface area contributed by atoms with Crippen LogP contribution >= 0.6 is 0 Å². The van der Waals surface area contributed by atoms with Gasteiger partial charge in [0.15, 0.2) is 6.20 Å². The predicted octanol–water partition coefficient (Wildman–Crippen LogP) is 1.27. The van der Waals surface area contributed by atoms with Crippen molar-refractivity contribution in [2.24, 2.45) is 7.05 Å². The van der Waals surface area contributed by atoms with E-state index in [2.05, 4.69) is 11.4 Å². The van der Waals surface area contributed by atoms with Crippen LogP contribution in [0.5, 0.6) is 5.75 Å². The minimum atomic E-state index is -0.237. The maximum Gasteiger partial charge on any atom is 0.321 e. The predicted molar refractivity (Wildman–Crippen MR) is 62.5 cm³/mol. The molecule has 0 saturated carbocycles. The maximum absolute atomic E-state index is 11.9. The average molecular weight is 228 g/mol. The Hall–Kier alpha value is -2.36. The number of pyridine rings is 1. The van der Waals surface area contributed by atoms with E-state index in [0.29, 0.717) is 11.4 Å². The van der Waals surface area contributed by atoms with Crippen LogP contribution in [-0.4, -0.2) is 11.0 Å². The van der Waals surface area contributed by atoms with E-state index in [9.17, 15) is 4.79 Å². The smallest absolute Gasteiger partial charge is 0.321 e. The molecule has 1 aromatic heterocycles. The molecule has 1 amide bonds. The highest BCUT2D eigenvalue weighted by Gasteiger charge is 2.15. The SMILES string of the molecule is C[n+]1ccc[c]c1C(=O)Nc1ccc(O)cc1. The summed E-state index contributed by atoms with van der Waals surface area (Å²) in [6, 6.07) is 12.7. The van der Waals surface area contributed by atoms with Gasteiger partial charge >= 0.3 is 5.91 Å². The molecule has 0 atom stereocenters. The molecule has 0 saturated heterocycles. The summed E-state index contributed by atoms with van der Waals surface area (Å²) >= 11 is 0. The lowest BCUT2D eigenvalue weighted by molar-refractivity contribution is -0.673. The Morgan fingerprint density at radius 3 is 2.71 bits per heavy atom. The van der Waals surface area contributed by atoms with Crippen molar-refractivity contribution >= 4 is 11.6 Å². The highest BCUT2D eigenvalue weighted by Crippen LogP contribution is 2.14. The fourth-order valence-electron chi connectivity index (χ4n) is 1.44. The van der Waals surface area contributed by atoms with Crippen LogP contribution in [0.3, 0.4) is 0 Å². The van der Waals surface area contributed by atoms with E-state index in [0.717, 1.165) is 0 Å². The van der Waals surface area contributed by atoms with E-state index in [1.165, 1.54) is 12.1 Å². The Labute approximate surface area is 99.2 Å². The number of nitrogens with zero attached hydrogens (tertiary/aromatic N) is 1. The minimum Gasteiger partial charge on any atom is -0.508 e. The van der Waals surface area contributed by atoms with Crippen molar-refractivity contribution in [3.8, 4) is 5.75 Å². The first-order valence-electron chi connectivity index (χ1n) is 5.13. The monoisotopic (exact) mass is 228 g/mol. The van der Waals surface area contributed by atoms with Gasteiger partial charge in [-0.2, -0.15) is 4.57 Å². The molecule has 0 fully saturated rings. The highest BCUT2D eigenvalue weighted by molar-refractivity contribution is 6.01. The lowest BCUT2D eigenvalue weighted by Gasteiger charge is -2.03. The van der Waals surface area contributed by atoms with Crippen molar-refractivity contribution in [2.75, 3.05) is 5.32 Å². The van der Waals surface area contributed by atoms with Gasteiger partial charge in [0.25, 0.3) is 5.69 Å². The molecule has 85 valence electrons. The van der Waals surface area contributed by atoms with Crippen molar-refractivity contribution in [3.63, 3.8) is 0 Å². The normalized spacial score (nSPS) is 9.94. The number of phenolic OH excluding ortho intramolecular Hbond substituents is 1. The lowest BCUT2D eigenvalue weighted by Crippen LogP contribution is -2.37. The number of aryl methyl sites for hydroxylation is 1. The first-order valence-corrected chi connectivity index (χ1v) is 5.13. The molecule has 0 aliphatic heterocycles. The van der Waals surface area contributed by atoms with Crippen LogP contribution in [0, 0.1) is 6.07 Å². The summed E-state index contributed by atoms with van der Waals surface area (Å²) in [6.07, 6.45) is 1.78. The number of phenols is 1.